The SMILES string of the molecule is CC/C=C\C/C=C\C/C=C\CC(=O)OCC(COC(=O)CCCCC/C=C\CCCCCCCCC)OC(=O)CCCCC/C=C\CCCCCCCC. The second-order valence-corrected chi connectivity index (χ2v) is 14.6. The third-order valence-electron chi connectivity index (χ3n) is 9.26. The van der Waals surface area contributed by atoms with Gasteiger partial charge in [0.05, 0.1) is 6.42 Å². The maximum Gasteiger partial charge on any atom is 0.309 e. The lowest BCUT2D eigenvalue weighted by atomic mass is 10.1. The Balaban J connectivity index is 4.47. The van der Waals surface area contributed by atoms with Gasteiger partial charge < -0.3 is 14.2 Å². The number of ether oxygens (including phenoxy) is 3. The van der Waals surface area contributed by atoms with Crippen LogP contribution in [0.4, 0.5) is 0 Å². The lowest BCUT2D eigenvalue weighted by Gasteiger charge is -2.18. The highest BCUT2D eigenvalue weighted by Crippen LogP contribution is 2.12. The van der Waals surface area contributed by atoms with Gasteiger partial charge in [0.15, 0.2) is 6.10 Å². The number of hydrogen-bond acceptors (Lipinski definition) is 6. The summed E-state index contributed by atoms with van der Waals surface area (Å²) >= 11 is 0. The summed E-state index contributed by atoms with van der Waals surface area (Å²) in [6, 6.07) is 0. The molecule has 0 saturated carbocycles. The Bertz CT molecular complexity index is 1010. The van der Waals surface area contributed by atoms with Crippen molar-refractivity contribution in [1.82, 2.24) is 0 Å². The predicted octanol–water partition coefficient (Wildman–Crippen LogP) is 14.1. The lowest BCUT2D eigenvalue weighted by Crippen LogP contribution is -2.30. The normalized spacial score (nSPS) is 12.6. The van der Waals surface area contributed by atoms with E-state index >= 15 is 0 Å². The molecule has 6 nitrogen and oxygen atoms in total. The van der Waals surface area contributed by atoms with E-state index < -0.39 is 12.1 Å². The fourth-order valence-electron chi connectivity index (χ4n) is 5.90. The minimum atomic E-state index is -0.820. The molecule has 1 unspecified atom stereocenters. The summed E-state index contributed by atoms with van der Waals surface area (Å²) in [5.41, 5.74) is 0. The molecule has 0 radical (unpaired) electrons. The van der Waals surface area contributed by atoms with Crippen LogP contribution in [-0.4, -0.2) is 37.2 Å². The van der Waals surface area contributed by atoms with Crippen LogP contribution < -0.4 is 0 Å². The molecule has 0 fully saturated rings. The summed E-state index contributed by atoms with van der Waals surface area (Å²) in [6.07, 6.45) is 51.0. The molecular weight excluding hydrogens is 673 g/mol. The van der Waals surface area contributed by atoms with Gasteiger partial charge >= 0.3 is 17.9 Å². The van der Waals surface area contributed by atoms with Crippen LogP contribution in [0.3, 0.4) is 0 Å². The van der Waals surface area contributed by atoms with Gasteiger partial charge in [0.25, 0.3) is 0 Å². The van der Waals surface area contributed by atoms with E-state index in [-0.39, 0.29) is 38.0 Å². The first kappa shape index (κ1) is 51.1. The molecule has 0 aliphatic rings. The van der Waals surface area contributed by atoms with Gasteiger partial charge in [-0.25, -0.2) is 0 Å². The first-order valence-electron chi connectivity index (χ1n) is 22.3. The maximum atomic E-state index is 12.7. The zero-order valence-electron chi connectivity index (χ0n) is 35.2. The van der Waals surface area contributed by atoms with Crippen molar-refractivity contribution in [2.24, 2.45) is 0 Å². The van der Waals surface area contributed by atoms with Crippen LogP contribution >= 0.6 is 0 Å². The van der Waals surface area contributed by atoms with Crippen LogP contribution in [0.15, 0.2) is 60.8 Å². The van der Waals surface area contributed by atoms with Gasteiger partial charge in [0, 0.05) is 12.8 Å². The molecule has 0 bridgehead atoms. The Morgan fingerprint density at radius 1 is 0.407 bits per heavy atom. The number of carbonyl (C=O) groups is 3. The third kappa shape index (κ3) is 40.3. The van der Waals surface area contributed by atoms with E-state index in [1.807, 2.05) is 6.08 Å². The van der Waals surface area contributed by atoms with E-state index in [2.05, 4.69) is 69.4 Å². The van der Waals surface area contributed by atoms with E-state index in [9.17, 15) is 14.4 Å². The second-order valence-electron chi connectivity index (χ2n) is 14.6. The van der Waals surface area contributed by atoms with Crippen molar-refractivity contribution in [3.8, 4) is 0 Å². The molecule has 0 rings (SSSR count). The summed E-state index contributed by atoms with van der Waals surface area (Å²) in [6.45, 7) is 6.36. The molecule has 6 heteroatoms. The molecule has 0 heterocycles. The molecule has 1 atom stereocenters. The van der Waals surface area contributed by atoms with E-state index in [1.165, 1.54) is 83.5 Å². The topological polar surface area (TPSA) is 78.9 Å². The first-order valence-corrected chi connectivity index (χ1v) is 22.3. The van der Waals surface area contributed by atoms with Crippen molar-refractivity contribution in [3.63, 3.8) is 0 Å². The van der Waals surface area contributed by atoms with E-state index in [0.717, 1.165) is 83.5 Å². The quantitative estimate of drug-likeness (QED) is 0.0269. The fraction of sp³-hybridized carbons (Fsp3) is 0.729. The zero-order chi connectivity index (χ0) is 39.4. The number of rotatable bonds is 39. The first-order chi connectivity index (χ1) is 26.5. The van der Waals surface area contributed by atoms with Gasteiger partial charge in [-0.15, -0.1) is 0 Å². The van der Waals surface area contributed by atoms with E-state index in [1.54, 1.807) is 6.08 Å². The number of hydrogen-bond donors (Lipinski definition) is 0. The van der Waals surface area contributed by atoms with Crippen LogP contribution in [0, 0.1) is 0 Å². The van der Waals surface area contributed by atoms with Gasteiger partial charge in [-0.2, -0.15) is 0 Å². The Labute approximate surface area is 332 Å². The van der Waals surface area contributed by atoms with Crippen LogP contribution in [0.25, 0.3) is 0 Å². The molecule has 310 valence electrons. The summed E-state index contributed by atoms with van der Waals surface area (Å²) in [5, 5.41) is 0. The van der Waals surface area contributed by atoms with Crippen molar-refractivity contribution in [1.29, 1.82) is 0 Å². The van der Waals surface area contributed by atoms with Crippen molar-refractivity contribution in [2.45, 2.75) is 213 Å². The van der Waals surface area contributed by atoms with Crippen LogP contribution in [0.1, 0.15) is 207 Å². The molecule has 0 aromatic rings. The fourth-order valence-corrected chi connectivity index (χ4v) is 5.90. The molecule has 54 heavy (non-hydrogen) atoms. The monoisotopic (exact) mass is 755 g/mol. The Morgan fingerprint density at radius 2 is 0.796 bits per heavy atom. The highest BCUT2D eigenvalue weighted by Gasteiger charge is 2.19. The average molecular weight is 755 g/mol. The molecule has 0 aliphatic heterocycles. The highest BCUT2D eigenvalue weighted by atomic mass is 16.6. The molecule has 0 aromatic heterocycles. The minimum Gasteiger partial charge on any atom is -0.462 e. The summed E-state index contributed by atoms with van der Waals surface area (Å²) in [7, 11) is 0. The zero-order valence-corrected chi connectivity index (χ0v) is 35.2. The van der Waals surface area contributed by atoms with Gasteiger partial charge in [0.2, 0.25) is 0 Å². The third-order valence-corrected chi connectivity index (χ3v) is 9.26. The van der Waals surface area contributed by atoms with Crippen molar-refractivity contribution < 1.29 is 28.6 Å². The molecule has 0 N–H and O–H groups in total. The number of allylic oxidation sites excluding steroid dienone is 9. The van der Waals surface area contributed by atoms with Crippen molar-refractivity contribution in [3.05, 3.63) is 60.8 Å². The predicted molar refractivity (Wildman–Crippen MR) is 228 cm³/mol. The number of carbonyl (C=O) groups excluding carboxylic acids is 3. The van der Waals surface area contributed by atoms with Crippen molar-refractivity contribution >= 4 is 17.9 Å². The van der Waals surface area contributed by atoms with E-state index in [0.29, 0.717) is 6.42 Å². The molecule has 0 aliphatic carbocycles. The van der Waals surface area contributed by atoms with Gasteiger partial charge in [-0.1, -0.05) is 165 Å². The standard InChI is InChI=1S/C48H82O6/c1-4-7-10-13-16-19-21-23-25-26-29-32-35-38-41-47(50)53-44-45(43-52-46(49)40-37-34-31-28-18-15-12-9-6-3)54-48(51)42-39-36-33-30-27-24-22-20-17-14-11-8-5-2/h9,12,18,24-28,34,37,45H,4-8,10-11,13-17,19-23,29-33,35-36,38-44H2,1-3H3/b12-9-,26-25-,27-24-,28-18-,37-34-. The largest absolute Gasteiger partial charge is 0.462 e. The number of unbranched alkanes of at least 4 members (excludes halogenated alkanes) is 19. The Hall–Kier alpha value is -2.89. The lowest BCUT2D eigenvalue weighted by molar-refractivity contribution is -0.166. The van der Waals surface area contributed by atoms with Gasteiger partial charge in [-0.05, 0) is 83.5 Å². The smallest absolute Gasteiger partial charge is 0.309 e. The molecule has 0 spiro atoms. The average Bonchev–Trinajstić information content (AvgIpc) is 3.17. The molecule has 0 saturated heterocycles. The Kier molecular flexibility index (Phi) is 40.6. The minimum absolute atomic E-state index is 0.115. The van der Waals surface area contributed by atoms with Gasteiger partial charge in [-0.3, -0.25) is 14.4 Å². The van der Waals surface area contributed by atoms with Crippen LogP contribution in [-0.2, 0) is 28.6 Å². The number of esters is 3. The molecule has 0 amide bonds. The summed E-state index contributed by atoms with van der Waals surface area (Å²) < 4.78 is 16.5. The summed E-state index contributed by atoms with van der Waals surface area (Å²) in [4.78, 5) is 37.6. The molecule has 0 aromatic carbocycles. The van der Waals surface area contributed by atoms with Gasteiger partial charge in [0.1, 0.15) is 13.2 Å². The Morgan fingerprint density at radius 3 is 1.28 bits per heavy atom. The maximum absolute atomic E-state index is 12.7. The van der Waals surface area contributed by atoms with Crippen LogP contribution in [0.5, 0.6) is 0 Å². The summed E-state index contributed by atoms with van der Waals surface area (Å²) in [5.74, 6) is -1.08. The van der Waals surface area contributed by atoms with E-state index in [4.69, 9.17) is 14.2 Å². The molecular formula is C48H82O6. The highest BCUT2D eigenvalue weighted by molar-refractivity contribution is 5.72. The van der Waals surface area contributed by atoms with Crippen molar-refractivity contribution in [2.75, 3.05) is 13.2 Å². The van der Waals surface area contributed by atoms with Crippen LogP contribution in [0.2, 0.25) is 0 Å². The second kappa shape index (κ2) is 42.8.